The molecule has 0 aromatic heterocycles. The van der Waals surface area contributed by atoms with Gasteiger partial charge in [0.1, 0.15) is 12.2 Å². The van der Waals surface area contributed by atoms with Crippen LogP contribution >= 0.6 is 0 Å². The van der Waals surface area contributed by atoms with E-state index in [4.69, 9.17) is 14.2 Å². The number of allylic oxidation sites excluding steroid dienone is 1. The lowest BCUT2D eigenvalue weighted by Crippen LogP contribution is -2.65. The van der Waals surface area contributed by atoms with Crippen LogP contribution < -0.4 is 0 Å². The smallest absolute Gasteiger partial charge is 0.283 e. The van der Waals surface area contributed by atoms with Gasteiger partial charge in [-0.05, 0) is 74.2 Å². The molecular weight excluding hydrogens is 380 g/mol. The maximum Gasteiger partial charge on any atom is 0.283 e. The number of fused-ring (bicyclic) bond motifs is 6. The number of ether oxygens (including phenoxy) is 3. The first-order chi connectivity index (χ1) is 14.2. The van der Waals surface area contributed by atoms with Crippen LogP contribution in [0, 0.1) is 28.6 Å². The number of Topliss-reactive ketones (excluding diaryl/α,β-unsaturated/α-hetero) is 1. The largest absolute Gasteiger partial charge is 0.331 e. The van der Waals surface area contributed by atoms with Crippen molar-refractivity contribution in [3.63, 3.8) is 0 Å². The van der Waals surface area contributed by atoms with Crippen molar-refractivity contribution in [3.05, 3.63) is 11.6 Å². The van der Waals surface area contributed by atoms with Crippen molar-refractivity contribution in [3.8, 4) is 0 Å². The Morgan fingerprint density at radius 2 is 1.83 bits per heavy atom. The zero-order valence-electron chi connectivity index (χ0n) is 18.9. The first-order valence-corrected chi connectivity index (χ1v) is 11.9. The van der Waals surface area contributed by atoms with E-state index >= 15 is 0 Å². The molecule has 1 spiro atoms. The van der Waals surface area contributed by atoms with E-state index in [9.17, 15) is 9.59 Å². The molecule has 0 N–H and O–H groups in total. The number of rotatable bonds is 2. The molecule has 4 fully saturated rings. The van der Waals surface area contributed by atoms with Gasteiger partial charge < -0.3 is 14.2 Å². The van der Waals surface area contributed by atoms with Crippen LogP contribution in [-0.4, -0.2) is 36.9 Å². The maximum absolute atomic E-state index is 13.3. The fourth-order valence-electron chi connectivity index (χ4n) is 8.25. The fraction of sp³-hybridized carbons (Fsp3) is 0.840. The van der Waals surface area contributed by atoms with Crippen molar-refractivity contribution in [2.75, 3.05) is 13.7 Å². The summed E-state index contributed by atoms with van der Waals surface area (Å²) in [6.07, 6.45) is 10.2. The molecule has 30 heavy (non-hydrogen) atoms. The van der Waals surface area contributed by atoms with E-state index in [0.717, 1.165) is 44.9 Å². The van der Waals surface area contributed by atoms with Gasteiger partial charge in [0.05, 0.1) is 0 Å². The molecular formula is C25H36O5. The van der Waals surface area contributed by atoms with Gasteiger partial charge in [0.15, 0.2) is 11.6 Å². The number of carbonyl (C=O) groups excluding carboxylic acids is 2. The molecule has 4 aliphatic carbocycles. The van der Waals surface area contributed by atoms with Gasteiger partial charge in [0, 0.05) is 25.4 Å². The van der Waals surface area contributed by atoms with Gasteiger partial charge in [-0.25, -0.2) is 0 Å². The van der Waals surface area contributed by atoms with Crippen LogP contribution in [0.4, 0.5) is 0 Å². The normalized spacial score (nSPS) is 50.7. The van der Waals surface area contributed by atoms with E-state index in [1.807, 2.05) is 13.0 Å². The van der Waals surface area contributed by atoms with Gasteiger partial charge >= 0.3 is 0 Å². The van der Waals surface area contributed by atoms with Gasteiger partial charge in [0.25, 0.3) is 5.97 Å². The first-order valence-electron chi connectivity index (χ1n) is 11.9. The lowest BCUT2D eigenvalue weighted by molar-refractivity contribution is -0.423. The Balaban J connectivity index is 1.50. The van der Waals surface area contributed by atoms with Crippen LogP contribution in [0.5, 0.6) is 0 Å². The number of carbonyl (C=O) groups is 2. The molecule has 5 nitrogen and oxygen atoms in total. The van der Waals surface area contributed by atoms with Gasteiger partial charge in [-0.3, -0.25) is 9.59 Å². The third kappa shape index (κ3) is 2.52. The summed E-state index contributed by atoms with van der Waals surface area (Å²) in [4.78, 5) is 25.4. The molecule has 1 saturated heterocycles. The molecule has 5 aliphatic rings. The van der Waals surface area contributed by atoms with E-state index in [2.05, 4.69) is 13.8 Å². The minimum Gasteiger partial charge on any atom is -0.331 e. The highest BCUT2D eigenvalue weighted by Crippen LogP contribution is 2.69. The Morgan fingerprint density at radius 3 is 2.57 bits per heavy atom. The summed E-state index contributed by atoms with van der Waals surface area (Å²) in [6, 6.07) is 0. The summed E-state index contributed by atoms with van der Waals surface area (Å²) in [5, 5.41) is 0. The van der Waals surface area contributed by atoms with Crippen molar-refractivity contribution >= 4 is 11.6 Å². The second-order valence-electron chi connectivity index (χ2n) is 10.8. The second-order valence-corrected chi connectivity index (χ2v) is 10.8. The van der Waals surface area contributed by atoms with E-state index in [1.54, 1.807) is 7.11 Å². The fourth-order valence-corrected chi connectivity index (χ4v) is 8.25. The van der Waals surface area contributed by atoms with E-state index < -0.39 is 11.6 Å². The molecule has 0 aromatic carbocycles. The van der Waals surface area contributed by atoms with Crippen LogP contribution in [0.2, 0.25) is 0 Å². The third-order valence-corrected chi connectivity index (χ3v) is 10.0. The SMILES string of the molecule is CCC1(OC)OCC(=O)[C@]2(CC[C@H]3[C@@H]4CCC5=CC(=O)CC[C@]5(C)[C@H]4CC[C@@]32C)O1. The Hall–Kier alpha value is -1.04. The summed E-state index contributed by atoms with van der Waals surface area (Å²) in [5.41, 5.74) is 0.551. The van der Waals surface area contributed by atoms with Crippen LogP contribution in [-0.2, 0) is 23.8 Å². The van der Waals surface area contributed by atoms with Gasteiger partial charge in [-0.1, -0.05) is 26.3 Å². The van der Waals surface area contributed by atoms with Crippen LogP contribution in [0.25, 0.3) is 0 Å². The summed E-state index contributed by atoms with van der Waals surface area (Å²) >= 11 is 0. The van der Waals surface area contributed by atoms with Gasteiger partial charge in [0.2, 0.25) is 0 Å². The highest BCUT2D eigenvalue weighted by atomic mass is 16.9. The Kier molecular flexibility index (Phi) is 4.67. The molecule has 1 unspecified atom stereocenters. The maximum atomic E-state index is 13.3. The van der Waals surface area contributed by atoms with Crippen molar-refractivity contribution in [1.29, 1.82) is 0 Å². The predicted molar refractivity (Wildman–Crippen MR) is 112 cm³/mol. The molecule has 0 radical (unpaired) electrons. The molecule has 3 saturated carbocycles. The van der Waals surface area contributed by atoms with Crippen LogP contribution in [0.1, 0.15) is 78.6 Å². The van der Waals surface area contributed by atoms with E-state index in [0.29, 0.717) is 36.4 Å². The van der Waals surface area contributed by atoms with Crippen molar-refractivity contribution in [1.82, 2.24) is 0 Å². The monoisotopic (exact) mass is 416 g/mol. The average Bonchev–Trinajstić information content (AvgIpc) is 3.03. The lowest BCUT2D eigenvalue weighted by Gasteiger charge is -2.60. The van der Waals surface area contributed by atoms with Gasteiger partial charge in [-0.2, -0.15) is 0 Å². The van der Waals surface area contributed by atoms with Crippen LogP contribution in [0.3, 0.4) is 0 Å². The minimum absolute atomic E-state index is 0.0742. The van der Waals surface area contributed by atoms with Crippen LogP contribution in [0.15, 0.2) is 11.6 Å². The molecule has 1 aliphatic heterocycles. The van der Waals surface area contributed by atoms with Crippen molar-refractivity contribution in [2.24, 2.45) is 28.6 Å². The summed E-state index contributed by atoms with van der Waals surface area (Å²) in [6.45, 7) is 6.76. The van der Waals surface area contributed by atoms with Crippen molar-refractivity contribution < 1.29 is 23.8 Å². The lowest BCUT2D eigenvalue weighted by atomic mass is 9.46. The molecule has 1 heterocycles. The Morgan fingerprint density at radius 1 is 1.07 bits per heavy atom. The van der Waals surface area contributed by atoms with Crippen molar-refractivity contribution in [2.45, 2.75) is 90.1 Å². The molecule has 0 aromatic rings. The molecule has 0 amide bonds. The van der Waals surface area contributed by atoms with E-state index in [-0.39, 0.29) is 23.2 Å². The number of ketones is 2. The zero-order valence-corrected chi connectivity index (χ0v) is 18.9. The number of methoxy groups -OCH3 is 1. The zero-order chi connectivity index (χ0) is 21.4. The summed E-state index contributed by atoms with van der Waals surface area (Å²) < 4.78 is 18.0. The first kappa shape index (κ1) is 20.8. The molecule has 0 bridgehead atoms. The third-order valence-electron chi connectivity index (χ3n) is 10.0. The standard InChI is InChI=1S/C25H36O5/c1-5-25(28-4)29-15-21(27)24(30-25)13-10-20-18-7-6-16-14-17(26)8-11-22(16,2)19(18)9-12-23(20,24)3/h14,18-20H,5-13,15H2,1-4H3/t18-,19+,20+,22+,23+,24+,25?/m1/s1. The summed E-state index contributed by atoms with van der Waals surface area (Å²) in [5.74, 6) is 0.959. The Bertz CT molecular complexity index is 797. The highest BCUT2D eigenvalue weighted by molar-refractivity contribution is 5.92. The second kappa shape index (κ2) is 6.73. The predicted octanol–water partition coefficient (Wildman–Crippen LogP) is 4.58. The van der Waals surface area contributed by atoms with Gasteiger partial charge in [-0.15, -0.1) is 0 Å². The quantitative estimate of drug-likeness (QED) is 0.659. The Labute approximate surface area is 179 Å². The topological polar surface area (TPSA) is 61.8 Å². The number of hydrogen-bond acceptors (Lipinski definition) is 5. The molecule has 5 heteroatoms. The molecule has 166 valence electrons. The number of hydrogen-bond donors (Lipinski definition) is 0. The average molecular weight is 417 g/mol. The molecule has 7 atom stereocenters. The van der Waals surface area contributed by atoms with E-state index in [1.165, 1.54) is 5.57 Å². The highest BCUT2D eigenvalue weighted by Gasteiger charge is 2.70. The minimum atomic E-state index is -1.11. The molecule has 5 rings (SSSR count). The summed E-state index contributed by atoms with van der Waals surface area (Å²) in [7, 11) is 1.61.